The molecule has 2 heterocycles. The van der Waals surface area contributed by atoms with Crippen molar-refractivity contribution in [3.8, 4) is 0 Å². The smallest absolute Gasteiger partial charge is 0.211 e. The molecule has 2 N–H and O–H groups in total. The molecule has 1 atom stereocenters. The summed E-state index contributed by atoms with van der Waals surface area (Å²) in [5.74, 6) is 0.269. The van der Waals surface area contributed by atoms with E-state index >= 15 is 0 Å². The van der Waals surface area contributed by atoms with Crippen LogP contribution in [0.2, 0.25) is 0 Å². The van der Waals surface area contributed by atoms with Gasteiger partial charge in [0, 0.05) is 23.6 Å². The Kier molecular flexibility index (Phi) is 4.98. The van der Waals surface area contributed by atoms with Gasteiger partial charge in [-0.15, -0.1) is 0 Å². The van der Waals surface area contributed by atoms with Crippen molar-refractivity contribution in [2.45, 2.75) is 19.3 Å². The molecule has 0 saturated carbocycles. The van der Waals surface area contributed by atoms with Crippen LogP contribution in [0.4, 0.5) is 0 Å². The lowest BCUT2D eigenvalue weighted by Gasteiger charge is -2.09. The van der Waals surface area contributed by atoms with Crippen molar-refractivity contribution in [3.05, 3.63) is 36.0 Å². The minimum atomic E-state index is -3.37. The number of rotatable bonds is 7. The van der Waals surface area contributed by atoms with Gasteiger partial charge in [0.2, 0.25) is 10.0 Å². The van der Waals surface area contributed by atoms with Crippen LogP contribution >= 0.6 is 0 Å². The number of sulfonamides is 1. The van der Waals surface area contributed by atoms with Crippen LogP contribution in [-0.2, 0) is 26.3 Å². The van der Waals surface area contributed by atoms with Crippen molar-refractivity contribution in [3.63, 3.8) is 0 Å². The molecule has 0 radical (unpaired) electrons. The van der Waals surface area contributed by atoms with E-state index in [4.69, 9.17) is 0 Å². The molecule has 1 saturated heterocycles. The van der Waals surface area contributed by atoms with E-state index in [1.165, 1.54) is 0 Å². The average molecular weight is 370 g/mol. The van der Waals surface area contributed by atoms with Gasteiger partial charge in [-0.25, -0.2) is 21.6 Å². The van der Waals surface area contributed by atoms with Gasteiger partial charge in [-0.05, 0) is 36.8 Å². The molecule has 3 rings (SSSR count). The molecule has 0 aliphatic carbocycles. The Labute approximate surface area is 142 Å². The summed E-state index contributed by atoms with van der Waals surface area (Å²) >= 11 is 0. The zero-order valence-electron chi connectivity index (χ0n) is 13.4. The van der Waals surface area contributed by atoms with E-state index in [1.807, 2.05) is 30.5 Å². The molecule has 8 heteroatoms. The van der Waals surface area contributed by atoms with Crippen LogP contribution in [0.1, 0.15) is 18.4 Å². The van der Waals surface area contributed by atoms with Crippen LogP contribution < -0.4 is 4.72 Å². The summed E-state index contributed by atoms with van der Waals surface area (Å²) in [6.45, 7) is 0.340. The molecular weight excluding hydrogens is 348 g/mol. The number of sulfone groups is 1. The Morgan fingerprint density at radius 3 is 2.79 bits per heavy atom. The summed E-state index contributed by atoms with van der Waals surface area (Å²) in [6, 6.07) is 7.91. The molecule has 1 aromatic carbocycles. The van der Waals surface area contributed by atoms with Crippen molar-refractivity contribution in [1.82, 2.24) is 9.71 Å². The van der Waals surface area contributed by atoms with Crippen molar-refractivity contribution >= 4 is 30.8 Å². The van der Waals surface area contributed by atoms with E-state index in [0.29, 0.717) is 25.8 Å². The molecule has 2 aromatic rings. The van der Waals surface area contributed by atoms with Crippen LogP contribution in [0.25, 0.3) is 10.9 Å². The topological polar surface area (TPSA) is 96.1 Å². The van der Waals surface area contributed by atoms with Crippen molar-refractivity contribution in [2.24, 2.45) is 5.92 Å². The molecule has 1 aromatic heterocycles. The number of aromatic amines is 1. The summed E-state index contributed by atoms with van der Waals surface area (Å²) < 4.78 is 49.6. The Balaban J connectivity index is 1.48. The predicted octanol–water partition coefficient (Wildman–Crippen LogP) is 1.45. The number of hydrogen-bond acceptors (Lipinski definition) is 4. The molecule has 132 valence electrons. The van der Waals surface area contributed by atoms with Gasteiger partial charge in [0.05, 0.1) is 17.3 Å². The zero-order valence-corrected chi connectivity index (χ0v) is 15.0. The lowest BCUT2D eigenvalue weighted by atomic mass is 10.1. The number of hydrogen-bond donors (Lipinski definition) is 2. The summed E-state index contributed by atoms with van der Waals surface area (Å²) in [4.78, 5) is 3.17. The second-order valence-corrected chi connectivity index (χ2v) is 10.5. The number of H-pyrrole nitrogens is 1. The first-order chi connectivity index (χ1) is 11.3. The lowest BCUT2D eigenvalue weighted by molar-refractivity contribution is 0.544. The van der Waals surface area contributed by atoms with Gasteiger partial charge in [-0.2, -0.15) is 0 Å². The van der Waals surface area contributed by atoms with Gasteiger partial charge in [-0.1, -0.05) is 18.2 Å². The Bertz CT molecular complexity index is 916. The third kappa shape index (κ3) is 4.37. The van der Waals surface area contributed by atoms with Crippen LogP contribution in [0.3, 0.4) is 0 Å². The first-order valence-electron chi connectivity index (χ1n) is 8.07. The highest BCUT2D eigenvalue weighted by Crippen LogP contribution is 2.22. The Morgan fingerprint density at radius 1 is 1.25 bits per heavy atom. The van der Waals surface area contributed by atoms with E-state index in [2.05, 4.69) is 9.71 Å². The first kappa shape index (κ1) is 17.4. The standard InChI is InChI=1S/C16H22N2O4S2/c19-23(20)9-6-13(12-23)7-10-24(21,22)18-8-5-14-11-17-16-4-2-1-3-15(14)16/h1-4,11,13,17-18H,5-10,12H2. The molecule has 0 bridgehead atoms. The van der Waals surface area contributed by atoms with Crippen molar-refractivity contribution in [1.29, 1.82) is 0 Å². The van der Waals surface area contributed by atoms with E-state index in [9.17, 15) is 16.8 Å². The monoisotopic (exact) mass is 370 g/mol. The number of benzene rings is 1. The van der Waals surface area contributed by atoms with E-state index in [1.54, 1.807) is 0 Å². The summed E-state index contributed by atoms with van der Waals surface area (Å²) in [7, 11) is -6.32. The van der Waals surface area contributed by atoms with E-state index in [0.717, 1.165) is 16.5 Å². The van der Waals surface area contributed by atoms with Gasteiger partial charge in [0.25, 0.3) is 0 Å². The highest BCUT2D eigenvalue weighted by Gasteiger charge is 2.28. The molecule has 24 heavy (non-hydrogen) atoms. The maximum atomic E-state index is 12.1. The lowest BCUT2D eigenvalue weighted by Crippen LogP contribution is -2.29. The quantitative estimate of drug-likeness (QED) is 0.771. The third-order valence-electron chi connectivity index (χ3n) is 4.51. The molecule has 0 amide bonds. The van der Waals surface area contributed by atoms with E-state index in [-0.39, 0.29) is 23.2 Å². The van der Waals surface area contributed by atoms with Crippen molar-refractivity contribution in [2.75, 3.05) is 23.8 Å². The minimum Gasteiger partial charge on any atom is -0.361 e. The molecule has 1 unspecified atom stereocenters. The maximum absolute atomic E-state index is 12.1. The Hall–Kier alpha value is -1.38. The molecular formula is C16H22N2O4S2. The van der Waals surface area contributed by atoms with Crippen LogP contribution in [0, 0.1) is 5.92 Å². The SMILES string of the molecule is O=S1(=O)CCC(CCS(=O)(=O)NCCc2c[nH]c3ccccc23)C1. The van der Waals surface area contributed by atoms with Crippen LogP contribution in [-0.4, -0.2) is 45.6 Å². The summed E-state index contributed by atoms with van der Waals surface area (Å²) in [6.07, 6.45) is 3.50. The first-order valence-corrected chi connectivity index (χ1v) is 11.5. The maximum Gasteiger partial charge on any atom is 0.211 e. The average Bonchev–Trinajstić information content (AvgIpc) is 3.09. The highest BCUT2D eigenvalue weighted by molar-refractivity contribution is 7.91. The number of fused-ring (bicyclic) bond motifs is 1. The second-order valence-electron chi connectivity index (χ2n) is 6.38. The van der Waals surface area contributed by atoms with Crippen molar-refractivity contribution < 1.29 is 16.8 Å². The number of para-hydroxylation sites is 1. The number of nitrogens with one attached hydrogen (secondary N) is 2. The summed E-state index contributed by atoms with van der Waals surface area (Å²) in [5.41, 5.74) is 2.12. The van der Waals surface area contributed by atoms with Gasteiger partial charge in [-0.3, -0.25) is 0 Å². The van der Waals surface area contributed by atoms with Crippen LogP contribution in [0.5, 0.6) is 0 Å². The van der Waals surface area contributed by atoms with Gasteiger partial charge in [0.1, 0.15) is 0 Å². The predicted molar refractivity (Wildman–Crippen MR) is 95.2 cm³/mol. The van der Waals surface area contributed by atoms with Gasteiger partial charge >= 0.3 is 0 Å². The van der Waals surface area contributed by atoms with Gasteiger partial charge in [0.15, 0.2) is 9.84 Å². The fourth-order valence-electron chi connectivity index (χ4n) is 3.17. The summed E-state index contributed by atoms with van der Waals surface area (Å²) in [5, 5.41) is 1.10. The number of aromatic nitrogens is 1. The highest BCUT2D eigenvalue weighted by atomic mass is 32.2. The molecule has 0 spiro atoms. The van der Waals surface area contributed by atoms with E-state index < -0.39 is 19.9 Å². The fourth-order valence-corrected chi connectivity index (χ4v) is 6.29. The molecule has 1 fully saturated rings. The Morgan fingerprint density at radius 2 is 2.04 bits per heavy atom. The molecule has 1 aliphatic heterocycles. The zero-order chi connectivity index (χ0) is 17.2. The van der Waals surface area contributed by atoms with Crippen LogP contribution in [0.15, 0.2) is 30.5 Å². The largest absolute Gasteiger partial charge is 0.361 e. The second kappa shape index (κ2) is 6.85. The molecule has 1 aliphatic rings. The fraction of sp³-hybridized carbons (Fsp3) is 0.500. The molecule has 6 nitrogen and oxygen atoms in total. The minimum absolute atomic E-state index is 0.0128. The van der Waals surface area contributed by atoms with Gasteiger partial charge < -0.3 is 4.98 Å². The normalized spacial score (nSPS) is 20.6. The third-order valence-corrected chi connectivity index (χ3v) is 7.77.